The molecule has 5 nitrogen and oxygen atoms in total. The molecule has 1 heterocycles. The highest BCUT2D eigenvalue weighted by Gasteiger charge is 2.12. The van der Waals surface area contributed by atoms with Crippen molar-refractivity contribution in [2.75, 3.05) is 26.3 Å². The molecular weight excluding hydrogens is 196 g/mol. The molecule has 0 spiro atoms. The minimum atomic E-state index is -0.715. The van der Waals surface area contributed by atoms with Crippen molar-refractivity contribution in [2.45, 2.75) is 31.8 Å². The highest BCUT2D eigenvalue weighted by atomic mass is 16.5. The molecule has 88 valence electrons. The molecule has 0 saturated carbocycles. The van der Waals surface area contributed by atoms with Crippen molar-refractivity contribution in [1.82, 2.24) is 5.32 Å². The Morgan fingerprint density at radius 2 is 2.33 bits per heavy atom. The van der Waals surface area contributed by atoms with Gasteiger partial charge in [0.05, 0.1) is 6.10 Å². The zero-order valence-electron chi connectivity index (χ0n) is 9.04. The van der Waals surface area contributed by atoms with Crippen molar-refractivity contribution in [2.24, 2.45) is 5.73 Å². The highest BCUT2D eigenvalue weighted by molar-refractivity contribution is 5.64. The Kier molecular flexibility index (Phi) is 6.11. The monoisotopic (exact) mass is 216 g/mol. The maximum atomic E-state index is 10.2. The first-order valence-corrected chi connectivity index (χ1v) is 5.53. The van der Waals surface area contributed by atoms with Gasteiger partial charge in [-0.3, -0.25) is 0 Å². The van der Waals surface area contributed by atoms with Crippen molar-refractivity contribution in [3.05, 3.63) is 0 Å². The van der Waals surface area contributed by atoms with Crippen molar-refractivity contribution >= 4 is 6.09 Å². The molecule has 1 unspecified atom stereocenters. The number of primary amides is 1. The van der Waals surface area contributed by atoms with Crippen LogP contribution in [0.25, 0.3) is 0 Å². The van der Waals surface area contributed by atoms with Gasteiger partial charge in [0.1, 0.15) is 6.61 Å². The van der Waals surface area contributed by atoms with Crippen LogP contribution in [0.4, 0.5) is 4.79 Å². The van der Waals surface area contributed by atoms with Gasteiger partial charge in [0.25, 0.3) is 0 Å². The van der Waals surface area contributed by atoms with Gasteiger partial charge in [-0.2, -0.15) is 0 Å². The number of hydrogen-bond donors (Lipinski definition) is 2. The summed E-state index contributed by atoms with van der Waals surface area (Å²) in [5.41, 5.74) is 4.82. The Bertz CT molecular complexity index is 182. The lowest BCUT2D eigenvalue weighted by Gasteiger charge is -2.22. The fourth-order valence-corrected chi connectivity index (χ4v) is 1.65. The molecule has 0 bridgehead atoms. The first kappa shape index (κ1) is 12.3. The highest BCUT2D eigenvalue weighted by Crippen LogP contribution is 2.14. The van der Waals surface area contributed by atoms with E-state index < -0.39 is 6.09 Å². The second-order valence-electron chi connectivity index (χ2n) is 3.69. The summed E-state index contributed by atoms with van der Waals surface area (Å²) >= 11 is 0. The normalized spacial score (nSPS) is 21.2. The van der Waals surface area contributed by atoms with Crippen LogP contribution in [0.15, 0.2) is 0 Å². The van der Waals surface area contributed by atoms with Crippen molar-refractivity contribution < 1.29 is 14.3 Å². The maximum absolute atomic E-state index is 10.2. The van der Waals surface area contributed by atoms with Crippen LogP contribution >= 0.6 is 0 Å². The van der Waals surface area contributed by atoms with Gasteiger partial charge in [-0.1, -0.05) is 0 Å². The third-order valence-electron chi connectivity index (χ3n) is 2.44. The van der Waals surface area contributed by atoms with Crippen molar-refractivity contribution in [1.29, 1.82) is 0 Å². The average Bonchev–Trinajstić information content (AvgIpc) is 2.24. The molecule has 0 aromatic heterocycles. The molecule has 0 aliphatic carbocycles. The lowest BCUT2D eigenvalue weighted by Crippen LogP contribution is -2.28. The summed E-state index contributed by atoms with van der Waals surface area (Å²) < 4.78 is 10.2. The van der Waals surface area contributed by atoms with E-state index in [4.69, 9.17) is 10.5 Å². The summed E-state index contributed by atoms with van der Waals surface area (Å²) in [5, 5.41) is 3.18. The molecule has 1 amide bonds. The largest absolute Gasteiger partial charge is 0.448 e. The molecule has 5 heteroatoms. The van der Waals surface area contributed by atoms with Crippen LogP contribution in [-0.4, -0.2) is 38.5 Å². The van der Waals surface area contributed by atoms with Gasteiger partial charge in [0.15, 0.2) is 0 Å². The third-order valence-corrected chi connectivity index (χ3v) is 2.44. The fraction of sp³-hybridized carbons (Fsp3) is 0.900. The van der Waals surface area contributed by atoms with Gasteiger partial charge in [-0.15, -0.1) is 0 Å². The Labute approximate surface area is 90.3 Å². The second-order valence-corrected chi connectivity index (χ2v) is 3.69. The molecule has 0 aromatic carbocycles. The lowest BCUT2D eigenvalue weighted by molar-refractivity contribution is 0.0114. The van der Waals surface area contributed by atoms with Crippen molar-refractivity contribution in [3.8, 4) is 0 Å². The van der Waals surface area contributed by atoms with Crippen LogP contribution in [0, 0.1) is 0 Å². The Balaban J connectivity index is 1.85. The predicted molar refractivity (Wildman–Crippen MR) is 56.6 cm³/mol. The number of amides is 1. The van der Waals surface area contributed by atoms with E-state index in [1.165, 1.54) is 19.3 Å². The number of carbonyl (C=O) groups excluding carboxylic acids is 1. The number of hydrogen-bond acceptors (Lipinski definition) is 4. The molecule has 3 N–H and O–H groups in total. The van der Waals surface area contributed by atoms with Crippen LogP contribution < -0.4 is 11.1 Å². The molecule has 1 fully saturated rings. The smallest absolute Gasteiger partial charge is 0.404 e. The van der Waals surface area contributed by atoms with E-state index in [0.717, 1.165) is 19.6 Å². The van der Waals surface area contributed by atoms with Gasteiger partial charge in [0.2, 0.25) is 0 Å². The SMILES string of the molecule is NC(=O)OCCNCCC1CCCCO1. The third kappa shape index (κ3) is 6.30. The summed E-state index contributed by atoms with van der Waals surface area (Å²) in [6.45, 7) is 2.78. The average molecular weight is 216 g/mol. The standard InChI is InChI=1S/C10H20N2O3/c11-10(13)15-8-6-12-5-4-9-3-1-2-7-14-9/h9,12H,1-8H2,(H2,11,13). The summed E-state index contributed by atoms with van der Waals surface area (Å²) in [4.78, 5) is 10.2. The summed E-state index contributed by atoms with van der Waals surface area (Å²) in [6.07, 6.45) is 4.35. The number of ether oxygens (including phenoxy) is 2. The van der Waals surface area contributed by atoms with E-state index in [2.05, 4.69) is 10.1 Å². The minimum absolute atomic E-state index is 0.334. The maximum Gasteiger partial charge on any atom is 0.404 e. The Morgan fingerprint density at radius 1 is 1.47 bits per heavy atom. The van der Waals surface area contributed by atoms with Gasteiger partial charge in [0, 0.05) is 13.2 Å². The lowest BCUT2D eigenvalue weighted by atomic mass is 10.1. The second kappa shape index (κ2) is 7.48. The van der Waals surface area contributed by atoms with E-state index in [9.17, 15) is 4.79 Å². The van der Waals surface area contributed by atoms with E-state index >= 15 is 0 Å². The van der Waals surface area contributed by atoms with Crippen molar-refractivity contribution in [3.63, 3.8) is 0 Å². The van der Waals surface area contributed by atoms with Gasteiger partial charge >= 0.3 is 6.09 Å². The molecule has 1 aliphatic rings. The summed E-state index contributed by atoms with van der Waals surface area (Å²) in [7, 11) is 0. The fourth-order valence-electron chi connectivity index (χ4n) is 1.65. The number of rotatable bonds is 6. The predicted octanol–water partition coefficient (Wildman–Crippen LogP) is 0.630. The molecule has 0 aromatic rings. The molecular formula is C10H20N2O3. The molecule has 1 rings (SSSR count). The summed E-state index contributed by atoms with van der Waals surface area (Å²) in [5.74, 6) is 0. The minimum Gasteiger partial charge on any atom is -0.448 e. The number of nitrogens with two attached hydrogens (primary N) is 1. The molecule has 15 heavy (non-hydrogen) atoms. The first-order chi connectivity index (χ1) is 7.29. The Hall–Kier alpha value is -0.810. The Morgan fingerprint density at radius 3 is 3.00 bits per heavy atom. The van der Waals surface area contributed by atoms with Crippen LogP contribution in [-0.2, 0) is 9.47 Å². The molecule has 0 radical (unpaired) electrons. The van der Waals surface area contributed by atoms with Crippen LogP contribution in [0.2, 0.25) is 0 Å². The van der Waals surface area contributed by atoms with Gasteiger partial charge in [-0.25, -0.2) is 4.79 Å². The van der Waals surface area contributed by atoms with E-state index in [1.54, 1.807) is 0 Å². The van der Waals surface area contributed by atoms with Crippen LogP contribution in [0.3, 0.4) is 0 Å². The molecule has 1 saturated heterocycles. The zero-order chi connectivity index (χ0) is 10.9. The van der Waals surface area contributed by atoms with E-state index in [1.807, 2.05) is 0 Å². The van der Waals surface area contributed by atoms with Crippen LogP contribution in [0.1, 0.15) is 25.7 Å². The van der Waals surface area contributed by atoms with E-state index in [-0.39, 0.29) is 0 Å². The molecule has 1 aliphatic heterocycles. The number of nitrogens with one attached hydrogen (secondary N) is 1. The van der Waals surface area contributed by atoms with E-state index in [0.29, 0.717) is 19.3 Å². The van der Waals surface area contributed by atoms with Gasteiger partial charge in [-0.05, 0) is 32.2 Å². The zero-order valence-corrected chi connectivity index (χ0v) is 9.04. The first-order valence-electron chi connectivity index (χ1n) is 5.53. The quantitative estimate of drug-likeness (QED) is 0.639. The number of carbonyl (C=O) groups is 1. The van der Waals surface area contributed by atoms with Crippen LogP contribution in [0.5, 0.6) is 0 Å². The van der Waals surface area contributed by atoms with Gasteiger partial charge < -0.3 is 20.5 Å². The molecule has 1 atom stereocenters. The topological polar surface area (TPSA) is 73.6 Å². The summed E-state index contributed by atoms with van der Waals surface area (Å²) in [6, 6.07) is 0.